The molecule has 1 aliphatic carbocycles. The Hall–Kier alpha value is -1.31. The topological polar surface area (TPSA) is 29.1 Å². The van der Waals surface area contributed by atoms with Gasteiger partial charge in [-0.1, -0.05) is 18.2 Å². The van der Waals surface area contributed by atoms with E-state index in [2.05, 4.69) is 5.32 Å². The van der Waals surface area contributed by atoms with Gasteiger partial charge >= 0.3 is 0 Å². The molecule has 0 bridgehead atoms. The van der Waals surface area contributed by atoms with Crippen molar-refractivity contribution in [3.05, 3.63) is 35.5 Å². The Labute approximate surface area is 58.9 Å². The van der Waals surface area contributed by atoms with Crippen molar-refractivity contribution in [2.24, 2.45) is 0 Å². The van der Waals surface area contributed by atoms with E-state index in [9.17, 15) is 4.79 Å². The van der Waals surface area contributed by atoms with Gasteiger partial charge in [-0.15, -0.1) is 0 Å². The van der Waals surface area contributed by atoms with Crippen LogP contribution in [0, 0.1) is 0 Å². The highest BCUT2D eigenvalue weighted by Crippen LogP contribution is 2.19. The molecule has 0 saturated heterocycles. The van der Waals surface area contributed by atoms with Crippen molar-refractivity contribution in [2.45, 2.75) is 0 Å². The largest absolute Gasteiger partial charge is 0.349 e. The lowest BCUT2D eigenvalue weighted by atomic mass is 10.1. The second-order valence-corrected chi connectivity index (χ2v) is 2.31. The number of nitrogens with one attached hydrogen (secondary N) is 1. The van der Waals surface area contributed by atoms with Crippen molar-refractivity contribution in [2.75, 3.05) is 6.54 Å². The Morgan fingerprint density at radius 3 is 3.20 bits per heavy atom. The van der Waals surface area contributed by atoms with Crippen molar-refractivity contribution < 1.29 is 4.79 Å². The van der Waals surface area contributed by atoms with Gasteiger partial charge in [0, 0.05) is 12.1 Å². The van der Waals surface area contributed by atoms with Gasteiger partial charge in [-0.05, 0) is 11.6 Å². The highest BCUT2D eigenvalue weighted by molar-refractivity contribution is 6.01. The van der Waals surface area contributed by atoms with Gasteiger partial charge in [-0.25, -0.2) is 0 Å². The summed E-state index contributed by atoms with van der Waals surface area (Å²) in [6.45, 7) is 0.663. The van der Waals surface area contributed by atoms with Gasteiger partial charge in [0.25, 0.3) is 5.91 Å². The second kappa shape index (κ2) is 1.84. The van der Waals surface area contributed by atoms with Crippen LogP contribution < -0.4 is 5.32 Å². The summed E-state index contributed by atoms with van der Waals surface area (Å²) < 4.78 is 0. The van der Waals surface area contributed by atoms with Crippen LogP contribution in [0.3, 0.4) is 0 Å². The molecule has 1 aliphatic heterocycles. The molecule has 0 spiro atoms. The van der Waals surface area contributed by atoms with Crippen LogP contribution in [0.4, 0.5) is 0 Å². The molecule has 50 valence electrons. The lowest BCUT2D eigenvalue weighted by molar-refractivity contribution is -0.117. The van der Waals surface area contributed by atoms with Crippen LogP contribution in [-0.4, -0.2) is 12.5 Å². The van der Waals surface area contributed by atoms with E-state index in [1.165, 1.54) is 0 Å². The number of carbonyl (C=O) groups excluding carboxylic acids is 1. The summed E-state index contributed by atoms with van der Waals surface area (Å²) in [7, 11) is 0. The van der Waals surface area contributed by atoms with E-state index in [0.29, 0.717) is 6.54 Å². The Morgan fingerprint density at radius 2 is 2.40 bits per heavy atom. The molecule has 1 amide bonds. The van der Waals surface area contributed by atoms with E-state index in [1.807, 2.05) is 24.3 Å². The van der Waals surface area contributed by atoms with E-state index in [-0.39, 0.29) is 5.91 Å². The van der Waals surface area contributed by atoms with Gasteiger partial charge in [0.05, 0.1) is 0 Å². The Kier molecular flexibility index (Phi) is 1.01. The van der Waals surface area contributed by atoms with Crippen LogP contribution in [0.15, 0.2) is 35.5 Å². The predicted molar refractivity (Wildman–Crippen MR) is 38.3 cm³/mol. The molecule has 1 N–H and O–H groups in total. The van der Waals surface area contributed by atoms with E-state index in [4.69, 9.17) is 0 Å². The smallest absolute Gasteiger partial charge is 0.252 e. The summed E-state index contributed by atoms with van der Waals surface area (Å²) in [6.07, 6.45) is 7.69. The highest BCUT2D eigenvalue weighted by Gasteiger charge is 2.17. The van der Waals surface area contributed by atoms with Crippen LogP contribution in [0.2, 0.25) is 0 Å². The number of amides is 1. The number of rotatable bonds is 0. The van der Waals surface area contributed by atoms with Crippen LogP contribution in [0.5, 0.6) is 0 Å². The van der Waals surface area contributed by atoms with Crippen LogP contribution >= 0.6 is 0 Å². The minimum absolute atomic E-state index is 0.0440. The van der Waals surface area contributed by atoms with Crippen LogP contribution in [-0.2, 0) is 4.79 Å². The monoisotopic (exact) mass is 133 g/mol. The molecule has 2 aliphatic rings. The summed E-state index contributed by atoms with van der Waals surface area (Å²) in [4.78, 5) is 11.0. The molecule has 10 heavy (non-hydrogen) atoms. The first-order valence-electron chi connectivity index (χ1n) is 3.25. The zero-order valence-corrected chi connectivity index (χ0v) is 5.42. The lowest BCUT2D eigenvalue weighted by Gasteiger charge is -2.10. The van der Waals surface area contributed by atoms with Crippen molar-refractivity contribution in [3.8, 4) is 0 Å². The molecular formula is C8H7NO. The van der Waals surface area contributed by atoms with Gasteiger partial charge in [0.15, 0.2) is 0 Å². The third-order valence-electron chi connectivity index (χ3n) is 1.68. The molecule has 1 heterocycles. The maximum Gasteiger partial charge on any atom is 0.252 e. The number of fused-ring (bicyclic) bond motifs is 1. The molecule has 2 heteroatoms. The Balaban J connectivity index is 2.46. The first kappa shape index (κ1) is 5.47. The summed E-state index contributed by atoms with van der Waals surface area (Å²) >= 11 is 0. The maximum absolute atomic E-state index is 11.0. The molecule has 0 radical (unpaired) electrons. The summed E-state index contributed by atoms with van der Waals surface area (Å²) in [5.41, 5.74) is 1.86. The number of hydrogen-bond acceptors (Lipinski definition) is 1. The minimum Gasteiger partial charge on any atom is -0.349 e. The molecule has 0 aromatic rings. The van der Waals surface area contributed by atoms with E-state index < -0.39 is 0 Å². The highest BCUT2D eigenvalue weighted by atomic mass is 16.1. The third-order valence-corrected chi connectivity index (χ3v) is 1.68. The minimum atomic E-state index is 0.0440. The fraction of sp³-hybridized carbons (Fsp3) is 0.125. The normalized spacial score (nSPS) is 21.4. The lowest BCUT2D eigenvalue weighted by Crippen LogP contribution is -2.28. The molecule has 2 nitrogen and oxygen atoms in total. The quantitative estimate of drug-likeness (QED) is 0.513. The molecule has 0 saturated carbocycles. The summed E-state index contributed by atoms with van der Waals surface area (Å²) in [6, 6.07) is 0. The average molecular weight is 133 g/mol. The van der Waals surface area contributed by atoms with Gasteiger partial charge in [-0.3, -0.25) is 4.79 Å². The molecule has 0 unspecified atom stereocenters. The van der Waals surface area contributed by atoms with Crippen LogP contribution in [0.1, 0.15) is 0 Å². The first-order valence-corrected chi connectivity index (χ1v) is 3.25. The molecule has 0 atom stereocenters. The van der Waals surface area contributed by atoms with Crippen molar-refractivity contribution in [1.82, 2.24) is 5.32 Å². The number of carbonyl (C=O) groups is 1. The van der Waals surface area contributed by atoms with Gasteiger partial charge in [-0.2, -0.15) is 0 Å². The SMILES string of the molecule is O=C1NCC=C2C=CC=C12. The maximum atomic E-state index is 11.0. The Morgan fingerprint density at radius 1 is 1.50 bits per heavy atom. The fourth-order valence-corrected chi connectivity index (χ4v) is 1.17. The Bertz CT molecular complexity index is 271. The third kappa shape index (κ3) is 0.620. The van der Waals surface area contributed by atoms with E-state index >= 15 is 0 Å². The van der Waals surface area contributed by atoms with Gasteiger partial charge in [0.1, 0.15) is 0 Å². The van der Waals surface area contributed by atoms with Gasteiger partial charge < -0.3 is 5.32 Å². The average Bonchev–Trinajstić information content (AvgIpc) is 2.36. The van der Waals surface area contributed by atoms with E-state index in [0.717, 1.165) is 11.1 Å². The second-order valence-electron chi connectivity index (χ2n) is 2.31. The van der Waals surface area contributed by atoms with Gasteiger partial charge in [0.2, 0.25) is 0 Å². The molecule has 0 aromatic carbocycles. The molecule has 2 rings (SSSR count). The summed E-state index contributed by atoms with van der Waals surface area (Å²) in [5, 5.41) is 2.73. The first-order chi connectivity index (χ1) is 4.88. The predicted octanol–water partition coefficient (Wildman–Crippen LogP) is 0.539. The number of allylic oxidation sites excluding steroid dienone is 3. The molecule has 0 fully saturated rings. The molecular weight excluding hydrogens is 126 g/mol. The molecule has 0 aromatic heterocycles. The van der Waals surface area contributed by atoms with Crippen molar-refractivity contribution in [1.29, 1.82) is 0 Å². The number of hydrogen-bond donors (Lipinski definition) is 1. The van der Waals surface area contributed by atoms with Crippen LogP contribution in [0.25, 0.3) is 0 Å². The van der Waals surface area contributed by atoms with Crippen molar-refractivity contribution in [3.63, 3.8) is 0 Å². The van der Waals surface area contributed by atoms with E-state index in [1.54, 1.807) is 0 Å². The van der Waals surface area contributed by atoms with Crippen molar-refractivity contribution >= 4 is 5.91 Å². The fourth-order valence-electron chi connectivity index (χ4n) is 1.17. The zero-order chi connectivity index (χ0) is 6.97. The standard InChI is InChI=1S/C8H7NO/c10-8-7-3-1-2-6(7)4-5-9-8/h1-4H,5H2,(H,9,10). The summed E-state index contributed by atoms with van der Waals surface area (Å²) in [5.74, 6) is 0.0440. The zero-order valence-electron chi connectivity index (χ0n) is 5.42.